The number of aryl methyl sites for hydroxylation is 1. The van der Waals surface area contributed by atoms with Gasteiger partial charge in [0.1, 0.15) is 0 Å². The van der Waals surface area contributed by atoms with Crippen LogP contribution in [0.1, 0.15) is 18.2 Å². The van der Waals surface area contributed by atoms with Crippen LogP contribution >= 0.6 is 0 Å². The van der Waals surface area contributed by atoms with Crippen LogP contribution in [0.4, 0.5) is 5.69 Å². The summed E-state index contributed by atoms with van der Waals surface area (Å²) in [4.78, 5) is 6.64. The molecular formula is C13H21N3. The zero-order valence-electron chi connectivity index (χ0n) is 10.5. The van der Waals surface area contributed by atoms with Crippen LogP contribution in [0, 0.1) is 6.92 Å². The molecule has 0 atom stereocenters. The number of hydrogen-bond donors (Lipinski definition) is 1. The Balaban J connectivity index is 3.05. The molecule has 16 heavy (non-hydrogen) atoms. The largest absolute Gasteiger partial charge is 0.368 e. The molecule has 3 heteroatoms. The molecule has 1 aromatic heterocycles. The highest BCUT2D eigenvalue weighted by Crippen LogP contribution is 2.20. The molecule has 0 saturated heterocycles. The first-order valence-electron chi connectivity index (χ1n) is 5.68. The normalized spacial score (nSPS) is 10.2. The van der Waals surface area contributed by atoms with E-state index in [2.05, 4.69) is 34.8 Å². The van der Waals surface area contributed by atoms with Gasteiger partial charge >= 0.3 is 0 Å². The number of likely N-dealkylation sites (N-methyl/N-ethyl adjacent to an activating group) is 1. The highest BCUT2D eigenvalue weighted by molar-refractivity contribution is 5.54. The van der Waals surface area contributed by atoms with Gasteiger partial charge in [-0.25, -0.2) is 0 Å². The molecule has 0 unspecified atom stereocenters. The molecule has 0 aliphatic carbocycles. The lowest BCUT2D eigenvalue weighted by molar-refractivity contribution is 0.796. The van der Waals surface area contributed by atoms with Gasteiger partial charge in [0.25, 0.3) is 0 Å². The van der Waals surface area contributed by atoms with E-state index in [1.165, 1.54) is 11.3 Å². The van der Waals surface area contributed by atoms with Gasteiger partial charge in [-0.05, 0) is 27.0 Å². The molecule has 0 aliphatic heterocycles. The van der Waals surface area contributed by atoms with Crippen molar-refractivity contribution in [1.29, 1.82) is 0 Å². The summed E-state index contributed by atoms with van der Waals surface area (Å²) in [6, 6.07) is 2.14. The zero-order chi connectivity index (χ0) is 12.0. The van der Waals surface area contributed by atoms with Crippen LogP contribution in [0.3, 0.4) is 0 Å². The first-order chi connectivity index (χ1) is 7.72. The van der Waals surface area contributed by atoms with Crippen molar-refractivity contribution in [3.8, 4) is 0 Å². The Morgan fingerprint density at radius 2 is 2.31 bits per heavy atom. The summed E-state index contributed by atoms with van der Waals surface area (Å²) in [7, 11) is 1.95. The fourth-order valence-electron chi connectivity index (χ4n) is 1.75. The summed E-state index contributed by atoms with van der Waals surface area (Å²) >= 11 is 0. The van der Waals surface area contributed by atoms with Gasteiger partial charge in [0.05, 0.1) is 0 Å². The van der Waals surface area contributed by atoms with E-state index in [9.17, 15) is 0 Å². The van der Waals surface area contributed by atoms with E-state index >= 15 is 0 Å². The molecule has 0 aromatic carbocycles. The van der Waals surface area contributed by atoms with Crippen LogP contribution in [-0.4, -0.2) is 25.1 Å². The third-order valence-corrected chi connectivity index (χ3v) is 2.54. The lowest BCUT2D eigenvalue weighted by Crippen LogP contribution is -2.25. The summed E-state index contributed by atoms with van der Waals surface area (Å²) in [5.74, 6) is 0. The highest BCUT2D eigenvalue weighted by atomic mass is 15.1. The Morgan fingerprint density at radius 3 is 2.88 bits per heavy atom. The molecule has 0 spiro atoms. The summed E-state index contributed by atoms with van der Waals surface area (Å²) in [5.41, 5.74) is 3.54. The quantitative estimate of drug-likeness (QED) is 0.743. The number of nitrogens with one attached hydrogen (secondary N) is 1. The first-order valence-corrected chi connectivity index (χ1v) is 5.68. The van der Waals surface area contributed by atoms with E-state index in [1.807, 2.05) is 26.2 Å². The molecule has 1 aromatic rings. The Morgan fingerprint density at radius 1 is 1.56 bits per heavy atom. The van der Waals surface area contributed by atoms with Gasteiger partial charge in [-0.15, -0.1) is 6.58 Å². The summed E-state index contributed by atoms with van der Waals surface area (Å²) < 4.78 is 0. The summed E-state index contributed by atoms with van der Waals surface area (Å²) in [6.07, 6.45) is 3.88. The van der Waals surface area contributed by atoms with Crippen LogP contribution in [-0.2, 0) is 6.54 Å². The molecule has 0 fully saturated rings. The van der Waals surface area contributed by atoms with Gasteiger partial charge in [-0.2, -0.15) is 0 Å². The van der Waals surface area contributed by atoms with Gasteiger partial charge in [-0.1, -0.05) is 6.08 Å². The van der Waals surface area contributed by atoms with E-state index < -0.39 is 0 Å². The second-order valence-electron chi connectivity index (χ2n) is 3.81. The van der Waals surface area contributed by atoms with Gasteiger partial charge in [0.2, 0.25) is 0 Å². The van der Waals surface area contributed by atoms with Crippen LogP contribution < -0.4 is 10.2 Å². The number of aromatic nitrogens is 1. The van der Waals surface area contributed by atoms with Crippen LogP contribution in [0.2, 0.25) is 0 Å². The number of anilines is 1. The molecule has 3 nitrogen and oxygen atoms in total. The summed E-state index contributed by atoms with van der Waals surface area (Å²) in [6.45, 7) is 10.7. The molecule has 0 amide bonds. The van der Waals surface area contributed by atoms with Crippen molar-refractivity contribution in [2.24, 2.45) is 0 Å². The predicted molar refractivity (Wildman–Crippen MR) is 69.8 cm³/mol. The maximum Gasteiger partial charge on any atom is 0.0448 e. The van der Waals surface area contributed by atoms with Crippen molar-refractivity contribution in [3.05, 3.63) is 36.2 Å². The molecule has 88 valence electrons. The van der Waals surface area contributed by atoms with E-state index in [-0.39, 0.29) is 0 Å². The third kappa shape index (κ3) is 3.07. The van der Waals surface area contributed by atoms with Crippen molar-refractivity contribution in [1.82, 2.24) is 10.3 Å². The lowest BCUT2D eigenvalue weighted by atomic mass is 10.2. The third-order valence-electron chi connectivity index (χ3n) is 2.54. The van der Waals surface area contributed by atoms with E-state index in [4.69, 9.17) is 0 Å². The fourth-order valence-corrected chi connectivity index (χ4v) is 1.75. The maximum absolute atomic E-state index is 4.34. The molecule has 1 N–H and O–H groups in total. The molecule has 1 heterocycles. The number of hydrogen-bond acceptors (Lipinski definition) is 3. The second kappa shape index (κ2) is 6.28. The van der Waals surface area contributed by atoms with Crippen molar-refractivity contribution in [2.45, 2.75) is 20.4 Å². The minimum atomic E-state index is 0.844. The Hall–Kier alpha value is -1.35. The van der Waals surface area contributed by atoms with Crippen molar-refractivity contribution < 1.29 is 0 Å². The molecule has 0 aliphatic rings. The van der Waals surface area contributed by atoms with Crippen LogP contribution in [0.5, 0.6) is 0 Å². The zero-order valence-corrected chi connectivity index (χ0v) is 10.5. The topological polar surface area (TPSA) is 28.2 Å². The van der Waals surface area contributed by atoms with Crippen molar-refractivity contribution in [3.63, 3.8) is 0 Å². The molecule has 0 bridgehead atoms. The van der Waals surface area contributed by atoms with Crippen LogP contribution in [0.25, 0.3) is 0 Å². The number of pyridine rings is 1. The van der Waals surface area contributed by atoms with E-state index in [0.717, 1.165) is 25.3 Å². The average molecular weight is 219 g/mol. The minimum absolute atomic E-state index is 0.844. The molecular weight excluding hydrogens is 198 g/mol. The smallest absolute Gasteiger partial charge is 0.0448 e. The number of rotatable bonds is 6. The van der Waals surface area contributed by atoms with Crippen molar-refractivity contribution >= 4 is 5.69 Å². The lowest BCUT2D eigenvalue weighted by Gasteiger charge is -2.24. The van der Waals surface area contributed by atoms with E-state index in [1.54, 1.807) is 0 Å². The Kier molecular flexibility index (Phi) is 4.99. The van der Waals surface area contributed by atoms with Crippen LogP contribution in [0.15, 0.2) is 24.9 Å². The van der Waals surface area contributed by atoms with E-state index in [0.29, 0.717) is 0 Å². The SMILES string of the molecule is C=CCN(CC)c1cc(C)ncc1CNC. The molecule has 1 rings (SSSR count). The predicted octanol–water partition coefficient (Wildman–Crippen LogP) is 2.12. The fraction of sp³-hybridized carbons (Fsp3) is 0.462. The first kappa shape index (κ1) is 12.7. The maximum atomic E-state index is 4.34. The van der Waals surface area contributed by atoms with Gasteiger partial charge in [0, 0.05) is 42.8 Å². The van der Waals surface area contributed by atoms with Crippen molar-refractivity contribution in [2.75, 3.05) is 25.0 Å². The van der Waals surface area contributed by atoms with Gasteiger partial charge < -0.3 is 10.2 Å². The second-order valence-corrected chi connectivity index (χ2v) is 3.81. The highest BCUT2D eigenvalue weighted by Gasteiger charge is 2.08. The monoisotopic (exact) mass is 219 g/mol. The molecule has 0 saturated carbocycles. The standard InChI is InChI=1S/C13H21N3/c1-5-7-16(6-2)13-8-11(3)15-10-12(13)9-14-4/h5,8,10,14H,1,6-7,9H2,2-4H3. The molecule has 0 radical (unpaired) electrons. The number of nitrogens with zero attached hydrogens (tertiary/aromatic N) is 2. The van der Waals surface area contributed by atoms with Gasteiger partial charge in [-0.3, -0.25) is 4.98 Å². The minimum Gasteiger partial charge on any atom is -0.368 e. The average Bonchev–Trinajstić information content (AvgIpc) is 2.29. The van der Waals surface area contributed by atoms with Gasteiger partial charge in [0.15, 0.2) is 0 Å². The Labute approximate surface area is 98.2 Å². The Bertz CT molecular complexity index is 347. The summed E-state index contributed by atoms with van der Waals surface area (Å²) in [5, 5.41) is 3.17.